The summed E-state index contributed by atoms with van der Waals surface area (Å²) in [6.45, 7) is 5.46. The van der Waals surface area contributed by atoms with Crippen LogP contribution in [0.25, 0.3) is 0 Å². The Labute approximate surface area is 99.0 Å². The Hall–Kier alpha value is -1.10. The second-order valence-electron chi connectivity index (χ2n) is 4.80. The number of carbonyl (C=O) groups is 1. The van der Waals surface area contributed by atoms with Crippen molar-refractivity contribution < 1.29 is 9.53 Å². The van der Waals surface area contributed by atoms with Crippen LogP contribution < -0.4 is 5.32 Å². The lowest BCUT2D eigenvalue weighted by atomic mass is 10.1. The van der Waals surface area contributed by atoms with E-state index in [-0.39, 0.29) is 5.97 Å². The van der Waals surface area contributed by atoms with E-state index in [1.54, 1.807) is 5.38 Å². The van der Waals surface area contributed by atoms with Gasteiger partial charge in [-0.15, -0.1) is 11.3 Å². The monoisotopic (exact) mass is 240 g/mol. The van der Waals surface area contributed by atoms with E-state index in [9.17, 15) is 4.79 Å². The molecule has 1 saturated carbocycles. The summed E-state index contributed by atoms with van der Waals surface area (Å²) in [6.07, 6.45) is 1.26. The van der Waals surface area contributed by atoms with Crippen molar-refractivity contribution in [1.82, 2.24) is 4.98 Å². The maximum Gasteiger partial charge on any atom is 0.357 e. The first-order chi connectivity index (χ1) is 7.53. The Morgan fingerprint density at radius 3 is 3.00 bits per heavy atom. The fourth-order valence-electron chi connectivity index (χ4n) is 1.69. The SMILES string of the molecule is COC(=O)c1csc(NCC2CC2(C)C)n1. The second kappa shape index (κ2) is 4.05. The molecule has 1 aromatic rings. The highest BCUT2D eigenvalue weighted by molar-refractivity contribution is 7.13. The molecule has 1 atom stereocenters. The average molecular weight is 240 g/mol. The number of methoxy groups -OCH3 is 1. The van der Waals surface area contributed by atoms with Crippen LogP contribution in [0.3, 0.4) is 0 Å². The van der Waals surface area contributed by atoms with Gasteiger partial charge in [-0.1, -0.05) is 13.8 Å². The molecule has 0 bridgehead atoms. The van der Waals surface area contributed by atoms with Gasteiger partial charge in [-0.05, 0) is 17.8 Å². The van der Waals surface area contributed by atoms with Crippen molar-refractivity contribution in [3.05, 3.63) is 11.1 Å². The van der Waals surface area contributed by atoms with E-state index in [0.29, 0.717) is 11.1 Å². The number of thiazole rings is 1. The zero-order valence-corrected chi connectivity index (χ0v) is 10.6. The van der Waals surface area contributed by atoms with Crippen LogP contribution in [0.1, 0.15) is 30.8 Å². The number of hydrogen-bond acceptors (Lipinski definition) is 5. The first-order valence-electron chi connectivity index (χ1n) is 5.30. The Balaban J connectivity index is 1.86. The Morgan fingerprint density at radius 1 is 1.75 bits per heavy atom. The smallest absolute Gasteiger partial charge is 0.357 e. The largest absolute Gasteiger partial charge is 0.464 e. The van der Waals surface area contributed by atoms with Crippen LogP contribution in [0.2, 0.25) is 0 Å². The van der Waals surface area contributed by atoms with Gasteiger partial charge in [0.1, 0.15) is 0 Å². The lowest BCUT2D eigenvalue weighted by Gasteiger charge is -2.03. The van der Waals surface area contributed by atoms with Crippen molar-refractivity contribution >= 4 is 22.4 Å². The summed E-state index contributed by atoms with van der Waals surface area (Å²) in [6, 6.07) is 0. The number of nitrogens with zero attached hydrogens (tertiary/aromatic N) is 1. The molecule has 0 aromatic carbocycles. The van der Waals surface area contributed by atoms with Crippen molar-refractivity contribution in [3.8, 4) is 0 Å². The molecule has 1 aliphatic carbocycles. The predicted molar refractivity (Wildman–Crippen MR) is 63.8 cm³/mol. The first-order valence-corrected chi connectivity index (χ1v) is 6.18. The van der Waals surface area contributed by atoms with Crippen LogP contribution in [0.4, 0.5) is 5.13 Å². The second-order valence-corrected chi connectivity index (χ2v) is 5.66. The van der Waals surface area contributed by atoms with Crippen molar-refractivity contribution in [2.45, 2.75) is 20.3 Å². The van der Waals surface area contributed by atoms with Gasteiger partial charge in [-0.2, -0.15) is 0 Å². The van der Waals surface area contributed by atoms with Gasteiger partial charge in [-0.25, -0.2) is 9.78 Å². The van der Waals surface area contributed by atoms with Crippen LogP contribution >= 0.6 is 11.3 Å². The quantitative estimate of drug-likeness (QED) is 0.821. The van der Waals surface area contributed by atoms with E-state index < -0.39 is 0 Å². The normalized spacial score (nSPS) is 21.6. The molecule has 2 rings (SSSR count). The fraction of sp³-hybridized carbons (Fsp3) is 0.636. The van der Waals surface area contributed by atoms with Crippen LogP contribution in [0.5, 0.6) is 0 Å². The van der Waals surface area contributed by atoms with Crippen molar-refractivity contribution in [1.29, 1.82) is 0 Å². The highest BCUT2D eigenvalue weighted by Crippen LogP contribution is 2.51. The summed E-state index contributed by atoms with van der Waals surface area (Å²) in [5.74, 6) is 0.342. The topological polar surface area (TPSA) is 51.2 Å². The highest BCUT2D eigenvalue weighted by atomic mass is 32.1. The van der Waals surface area contributed by atoms with Gasteiger partial charge in [0.25, 0.3) is 0 Å². The number of anilines is 1. The Kier molecular flexibility index (Phi) is 2.88. The summed E-state index contributed by atoms with van der Waals surface area (Å²) < 4.78 is 4.60. The van der Waals surface area contributed by atoms with Crippen LogP contribution in [-0.4, -0.2) is 24.6 Å². The molecule has 0 radical (unpaired) electrons. The molecular formula is C11H16N2O2S. The molecule has 16 heavy (non-hydrogen) atoms. The van der Waals surface area contributed by atoms with E-state index in [2.05, 4.69) is 28.9 Å². The van der Waals surface area contributed by atoms with E-state index in [4.69, 9.17) is 0 Å². The molecule has 1 aliphatic rings. The molecule has 1 N–H and O–H groups in total. The molecule has 0 saturated heterocycles. The number of hydrogen-bond donors (Lipinski definition) is 1. The summed E-state index contributed by atoms with van der Waals surface area (Å²) in [5.41, 5.74) is 0.847. The molecule has 0 amide bonds. The average Bonchev–Trinajstić information content (AvgIpc) is 2.68. The maximum atomic E-state index is 11.2. The number of esters is 1. The van der Waals surface area contributed by atoms with Gasteiger partial charge >= 0.3 is 5.97 Å². The number of carbonyl (C=O) groups excluding carboxylic acids is 1. The maximum absolute atomic E-state index is 11.2. The minimum absolute atomic E-state index is 0.379. The molecule has 1 fully saturated rings. The van der Waals surface area contributed by atoms with Gasteiger partial charge in [0.05, 0.1) is 7.11 Å². The third-order valence-corrected chi connectivity index (χ3v) is 3.92. The van der Waals surface area contributed by atoms with Crippen LogP contribution in [0, 0.1) is 11.3 Å². The van der Waals surface area contributed by atoms with E-state index in [1.165, 1.54) is 24.9 Å². The molecule has 1 unspecified atom stereocenters. The molecule has 88 valence electrons. The molecule has 0 spiro atoms. The van der Waals surface area contributed by atoms with Crippen LogP contribution in [-0.2, 0) is 4.74 Å². The lowest BCUT2D eigenvalue weighted by Crippen LogP contribution is -2.07. The van der Waals surface area contributed by atoms with Crippen LogP contribution in [0.15, 0.2) is 5.38 Å². The lowest BCUT2D eigenvalue weighted by molar-refractivity contribution is 0.0595. The van der Waals surface area contributed by atoms with Gasteiger partial charge < -0.3 is 10.1 Å². The van der Waals surface area contributed by atoms with Gasteiger partial charge in [0.15, 0.2) is 10.8 Å². The Morgan fingerprint density at radius 2 is 2.44 bits per heavy atom. The van der Waals surface area contributed by atoms with Crippen molar-refractivity contribution in [2.24, 2.45) is 11.3 Å². The number of aromatic nitrogens is 1. The standard InChI is InChI=1S/C11H16N2O2S/c1-11(2)4-7(11)5-12-10-13-8(6-16-10)9(14)15-3/h6-7H,4-5H2,1-3H3,(H,12,13). The van der Waals surface area contributed by atoms with E-state index >= 15 is 0 Å². The molecule has 5 heteroatoms. The van der Waals surface area contributed by atoms with Gasteiger partial charge in [0, 0.05) is 11.9 Å². The van der Waals surface area contributed by atoms with E-state index in [1.807, 2.05) is 0 Å². The van der Waals surface area contributed by atoms with Gasteiger partial charge in [-0.3, -0.25) is 0 Å². The minimum atomic E-state index is -0.379. The van der Waals surface area contributed by atoms with Crippen molar-refractivity contribution in [2.75, 3.05) is 19.0 Å². The van der Waals surface area contributed by atoms with Gasteiger partial charge in [0.2, 0.25) is 0 Å². The number of rotatable bonds is 4. The molecule has 0 aliphatic heterocycles. The van der Waals surface area contributed by atoms with E-state index in [0.717, 1.165) is 17.6 Å². The third kappa shape index (κ3) is 2.35. The summed E-state index contributed by atoms with van der Waals surface area (Å²) in [5, 5.41) is 5.77. The predicted octanol–water partition coefficient (Wildman–Crippen LogP) is 2.39. The summed E-state index contributed by atoms with van der Waals surface area (Å²) in [4.78, 5) is 15.3. The summed E-state index contributed by atoms with van der Waals surface area (Å²) in [7, 11) is 1.36. The molecule has 1 aromatic heterocycles. The fourth-order valence-corrected chi connectivity index (χ4v) is 2.38. The molecule has 1 heterocycles. The minimum Gasteiger partial charge on any atom is -0.464 e. The zero-order chi connectivity index (χ0) is 11.8. The summed E-state index contributed by atoms with van der Waals surface area (Å²) >= 11 is 1.44. The highest BCUT2D eigenvalue weighted by Gasteiger charge is 2.45. The van der Waals surface area contributed by atoms with Crippen molar-refractivity contribution in [3.63, 3.8) is 0 Å². The number of ether oxygens (including phenoxy) is 1. The first kappa shape index (κ1) is 11.4. The zero-order valence-electron chi connectivity index (χ0n) is 9.74. The molecular weight excluding hydrogens is 224 g/mol. The molecule has 4 nitrogen and oxygen atoms in total. The third-order valence-electron chi connectivity index (χ3n) is 3.12. The Bertz CT molecular complexity index is 400. The number of nitrogens with one attached hydrogen (secondary N) is 1.